The number of hydrogen-bond acceptors (Lipinski definition) is 3. The van der Waals surface area contributed by atoms with Crippen molar-refractivity contribution in [1.82, 2.24) is 14.1 Å². The number of fused-ring (bicyclic) bond motifs is 1. The minimum Gasteiger partial charge on any atom is -0.307 e. The second kappa shape index (κ2) is 5.55. The minimum atomic E-state index is -3.54. The molecule has 0 fully saturated rings. The maximum absolute atomic E-state index is 12.4. The van der Waals surface area contributed by atoms with Gasteiger partial charge in [0.05, 0.1) is 17.1 Å². The lowest BCUT2D eigenvalue weighted by atomic mass is 10.2. The van der Waals surface area contributed by atoms with Crippen LogP contribution in [0.15, 0.2) is 53.7 Å². The second-order valence-electron chi connectivity index (χ2n) is 5.29. The molecule has 0 aliphatic rings. The highest BCUT2D eigenvalue weighted by atomic mass is 32.2. The van der Waals surface area contributed by atoms with E-state index in [1.54, 1.807) is 19.1 Å². The summed E-state index contributed by atoms with van der Waals surface area (Å²) in [5.41, 5.74) is 3.25. The van der Waals surface area contributed by atoms with Crippen molar-refractivity contribution in [3.05, 3.63) is 65.6 Å². The molecule has 3 rings (SSSR count). The number of aryl methyl sites for hydroxylation is 2. The van der Waals surface area contributed by atoms with Gasteiger partial charge in [0.2, 0.25) is 10.0 Å². The molecule has 114 valence electrons. The average Bonchev–Trinajstić information content (AvgIpc) is 2.87. The van der Waals surface area contributed by atoms with Crippen LogP contribution in [-0.4, -0.2) is 17.8 Å². The number of hydrogen-bond donors (Lipinski definition) is 1. The third kappa shape index (κ3) is 2.88. The Kier molecular flexibility index (Phi) is 3.72. The molecule has 5 nitrogen and oxygen atoms in total. The van der Waals surface area contributed by atoms with Crippen LogP contribution in [0.5, 0.6) is 0 Å². The maximum Gasteiger partial charge on any atom is 0.241 e. The van der Waals surface area contributed by atoms with E-state index in [1.165, 1.54) is 0 Å². The Morgan fingerprint density at radius 3 is 2.73 bits per heavy atom. The summed E-state index contributed by atoms with van der Waals surface area (Å²) in [6.45, 7) is 3.90. The molecule has 0 aliphatic carbocycles. The molecule has 0 aliphatic heterocycles. The second-order valence-corrected chi connectivity index (χ2v) is 7.03. The lowest BCUT2D eigenvalue weighted by molar-refractivity contribution is 0.580. The number of rotatable bonds is 4. The third-order valence-corrected chi connectivity index (χ3v) is 5.04. The fraction of sp³-hybridized carbons (Fsp3) is 0.188. The molecule has 0 spiro atoms. The summed E-state index contributed by atoms with van der Waals surface area (Å²) < 4.78 is 29.3. The van der Waals surface area contributed by atoms with Gasteiger partial charge in [0.15, 0.2) is 0 Å². The molecule has 0 atom stereocenters. The Morgan fingerprint density at radius 1 is 1.18 bits per heavy atom. The maximum atomic E-state index is 12.4. The zero-order valence-electron chi connectivity index (χ0n) is 12.4. The van der Waals surface area contributed by atoms with Gasteiger partial charge in [-0.05, 0) is 37.6 Å². The fourth-order valence-corrected chi connectivity index (χ4v) is 3.64. The van der Waals surface area contributed by atoms with Crippen molar-refractivity contribution in [2.24, 2.45) is 0 Å². The first-order valence-electron chi connectivity index (χ1n) is 6.95. The first-order valence-corrected chi connectivity index (χ1v) is 8.43. The fourth-order valence-electron chi connectivity index (χ4n) is 2.42. The van der Waals surface area contributed by atoms with Crippen molar-refractivity contribution in [3.63, 3.8) is 0 Å². The predicted octanol–water partition coefficient (Wildman–Crippen LogP) is 2.43. The smallest absolute Gasteiger partial charge is 0.241 e. The van der Waals surface area contributed by atoms with Gasteiger partial charge in [0, 0.05) is 12.4 Å². The predicted molar refractivity (Wildman–Crippen MR) is 85.1 cm³/mol. The van der Waals surface area contributed by atoms with E-state index in [0.29, 0.717) is 10.6 Å². The third-order valence-electron chi connectivity index (χ3n) is 3.48. The van der Waals surface area contributed by atoms with Crippen LogP contribution < -0.4 is 4.72 Å². The molecule has 2 aromatic heterocycles. The largest absolute Gasteiger partial charge is 0.307 e. The summed E-state index contributed by atoms with van der Waals surface area (Å²) in [7, 11) is -3.54. The number of pyridine rings is 1. The van der Waals surface area contributed by atoms with Gasteiger partial charge < -0.3 is 4.40 Å². The Labute approximate surface area is 129 Å². The number of nitrogens with zero attached hydrogens (tertiary/aromatic N) is 2. The molecule has 0 bridgehead atoms. The molecule has 0 saturated carbocycles. The summed E-state index contributed by atoms with van der Waals surface area (Å²) in [5, 5.41) is 0. The van der Waals surface area contributed by atoms with Crippen LogP contribution in [0.1, 0.15) is 16.8 Å². The molecule has 0 unspecified atom stereocenters. The van der Waals surface area contributed by atoms with E-state index in [0.717, 1.165) is 16.8 Å². The summed E-state index contributed by atoms with van der Waals surface area (Å²) in [5.74, 6) is 0. The highest BCUT2D eigenvalue weighted by Crippen LogP contribution is 2.16. The first-order chi connectivity index (χ1) is 10.5. The van der Waals surface area contributed by atoms with Gasteiger partial charge in [0.25, 0.3) is 0 Å². The molecule has 0 amide bonds. The van der Waals surface area contributed by atoms with Crippen LogP contribution in [0.3, 0.4) is 0 Å². The Morgan fingerprint density at radius 2 is 2.00 bits per heavy atom. The minimum absolute atomic E-state index is 0.164. The number of aromatic nitrogens is 2. The van der Waals surface area contributed by atoms with Gasteiger partial charge in [-0.15, -0.1) is 0 Å². The monoisotopic (exact) mass is 315 g/mol. The van der Waals surface area contributed by atoms with E-state index in [-0.39, 0.29) is 6.54 Å². The van der Waals surface area contributed by atoms with Crippen molar-refractivity contribution in [2.75, 3.05) is 0 Å². The molecule has 2 heterocycles. The van der Waals surface area contributed by atoms with Crippen molar-refractivity contribution in [2.45, 2.75) is 25.3 Å². The lowest BCUT2D eigenvalue weighted by Gasteiger charge is -2.09. The number of imidazole rings is 1. The van der Waals surface area contributed by atoms with Crippen LogP contribution in [0.25, 0.3) is 5.65 Å². The van der Waals surface area contributed by atoms with E-state index >= 15 is 0 Å². The molecular formula is C16H17N3O2S. The topological polar surface area (TPSA) is 63.5 Å². The van der Waals surface area contributed by atoms with Crippen LogP contribution in [0.4, 0.5) is 0 Å². The Balaban J connectivity index is 1.82. The molecule has 22 heavy (non-hydrogen) atoms. The van der Waals surface area contributed by atoms with E-state index in [2.05, 4.69) is 9.71 Å². The van der Waals surface area contributed by atoms with Gasteiger partial charge >= 0.3 is 0 Å². The number of sulfonamides is 1. The van der Waals surface area contributed by atoms with Crippen LogP contribution in [0.2, 0.25) is 0 Å². The quantitative estimate of drug-likeness (QED) is 0.804. The zero-order chi connectivity index (χ0) is 15.7. The molecule has 1 aromatic carbocycles. The van der Waals surface area contributed by atoms with Gasteiger partial charge in [0.1, 0.15) is 5.65 Å². The number of nitrogens with one attached hydrogen (secondary N) is 1. The molecule has 6 heteroatoms. The van der Waals surface area contributed by atoms with E-state index in [1.807, 2.05) is 48.0 Å². The molecule has 0 saturated heterocycles. The highest BCUT2D eigenvalue weighted by Gasteiger charge is 2.17. The average molecular weight is 315 g/mol. The van der Waals surface area contributed by atoms with E-state index in [4.69, 9.17) is 0 Å². The first kappa shape index (κ1) is 14.7. The summed E-state index contributed by atoms with van der Waals surface area (Å²) in [4.78, 5) is 4.69. The van der Waals surface area contributed by atoms with Crippen LogP contribution in [0, 0.1) is 13.8 Å². The van der Waals surface area contributed by atoms with Crippen molar-refractivity contribution in [1.29, 1.82) is 0 Å². The van der Waals surface area contributed by atoms with Crippen molar-refractivity contribution < 1.29 is 8.42 Å². The van der Waals surface area contributed by atoms with Gasteiger partial charge in [-0.1, -0.05) is 23.8 Å². The summed E-state index contributed by atoms with van der Waals surface area (Å²) >= 11 is 0. The summed E-state index contributed by atoms with van der Waals surface area (Å²) in [6.07, 6.45) is 3.70. The summed E-state index contributed by atoms with van der Waals surface area (Å²) in [6, 6.07) is 11.0. The Bertz CT molecular complexity index is 896. The van der Waals surface area contributed by atoms with E-state index < -0.39 is 10.0 Å². The normalized spacial score (nSPS) is 11.9. The molecule has 0 radical (unpaired) electrons. The van der Waals surface area contributed by atoms with E-state index in [9.17, 15) is 8.42 Å². The number of benzene rings is 1. The van der Waals surface area contributed by atoms with Gasteiger partial charge in [-0.3, -0.25) is 0 Å². The van der Waals surface area contributed by atoms with Crippen LogP contribution >= 0.6 is 0 Å². The van der Waals surface area contributed by atoms with Crippen molar-refractivity contribution >= 4 is 15.7 Å². The molecular weight excluding hydrogens is 298 g/mol. The lowest BCUT2D eigenvalue weighted by Crippen LogP contribution is -2.24. The zero-order valence-corrected chi connectivity index (χ0v) is 13.3. The van der Waals surface area contributed by atoms with Gasteiger partial charge in [-0.2, -0.15) is 0 Å². The molecule has 1 N–H and O–H groups in total. The van der Waals surface area contributed by atoms with Gasteiger partial charge in [-0.25, -0.2) is 18.1 Å². The molecule has 3 aromatic rings. The Hall–Kier alpha value is -2.18. The highest BCUT2D eigenvalue weighted by molar-refractivity contribution is 7.89. The van der Waals surface area contributed by atoms with Crippen LogP contribution in [-0.2, 0) is 16.6 Å². The SMILES string of the molecule is Cc1ccc(S(=O)(=O)NCc2cn3ccccc3n2)c(C)c1. The van der Waals surface area contributed by atoms with Crippen molar-refractivity contribution in [3.8, 4) is 0 Å². The standard InChI is InChI=1S/C16H17N3O2S/c1-12-6-7-15(13(2)9-12)22(20,21)17-10-14-11-19-8-4-3-5-16(19)18-14/h3-9,11,17H,10H2,1-2H3.